The molecule has 4 aromatic carbocycles. The zero-order chi connectivity index (χ0) is 29.4. The summed E-state index contributed by atoms with van der Waals surface area (Å²) in [4.78, 5) is 1.52. The average Bonchev–Trinajstić information content (AvgIpc) is 2.93. The van der Waals surface area contributed by atoms with Gasteiger partial charge in [0.1, 0.15) is 20.8 Å². The van der Waals surface area contributed by atoms with E-state index in [4.69, 9.17) is 9.47 Å². The van der Waals surface area contributed by atoms with Gasteiger partial charge >= 0.3 is 0 Å². The Bertz CT molecular complexity index is 1450. The lowest BCUT2D eigenvalue weighted by Crippen LogP contribution is -2.15. The van der Waals surface area contributed by atoms with Crippen molar-refractivity contribution in [2.24, 2.45) is 0 Å². The fourth-order valence-electron chi connectivity index (χ4n) is 3.44. The van der Waals surface area contributed by atoms with Gasteiger partial charge in [0.25, 0.3) is 0 Å². The SMILES string of the molecule is CCOC(C)Oc1ccc([S+](c2ccccc2)c2ccccc2)cc1.O=S(=O)([O-])c1c(F)c(F)c(F)c(F)c1F. The van der Waals surface area contributed by atoms with Crippen molar-refractivity contribution in [3.8, 4) is 5.75 Å². The Morgan fingerprint density at radius 1 is 0.700 bits per heavy atom. The first kappa shape index (κ1) is 31.1. The van der Waals surface area contributed by atoms with E-state index in [9.17, 15) is 34.9 Å². The summed E-state index contributed by atoms with van der Waals surface area (Å²) in [7, 11) is -5.90. The summed E-state index contributed by atoms with van der Waals surface area (Å²) in [5, 5.41) is 0. The summed E-state index contributed by atoms with van der Waals surface area (Å²) in [6.45, 7) is 4.52. The molecule has 0 spiro atoms. The van der Waals surface area contributed by atoms with Crippen molar-refractivity contribution < 1.29 is 44.4 Å². The summed E-state index contributed by atoms with van der Waals surface area (Å²) in [5.41, 5.74) is 0. The highest BCUT2D eigenvalue weighted by Crippen LogP contribution is 2.32. The molecule has 0 aliphatic rings. The van der Waals surface area contributed by atoms with Crippen molar-refractivity contribution in [1.29, 1.82) is 0 Å². The van der Waals surface area contributed by atoms with Crippen molar-refractivity contribution in [2.45, 2.75) is 39.7 Å². The molecule has 4 rings (SSSR count). The Morgan fingerprint density at radius 3 is 1.50 bits per heavy atom. The van der Waals surface area contributed by atoms with Crippen molar-refractivity contribution in [3.05, 3.63) is 114 Å². The van der Waals surface area contributed by atoms with Crippen LogP contribution in [0.25, 0.3) is 0 Å². The minimum atomic E-state index is -5.77. The molecule has 0 N–H and O–H groups in total. The zero-order valence-electron chi connectivity index (χ0n) is 21.1. The van der Waals surface area contributed by atoms with Crippen LogP contribution in [0.4, 0.5) is 22.0 Å². The van der Waals surface area contributed by atoms with E-state index >= 15 is 0 Å². The topological polar surface area (TPSA) is 75.7 Å². The lowest BCUT2D eigenvalue weighted by atomic mass is 10.3. The van der Waals surface area contributed by atoms with E-state index in [1.807, 2.05) is 26.0 Å². The van der Waals surface area contributed by atoms with Gasteiger partial charge in [-0.3, -0.25) is 0 Å². The Balaban J connectivity index is 0.000000252. The zero-order valence-corrected chi connectivity index (χ0v) is 22.7. The van der Waals surface area contributed by atoms with Gasteiger partial charge in [0.2, 0.25) is 5.82 Å². The predicted octanol–water partition coefficient (Wildman–Crippen LogP) is 6.83. The largest absolute Gasteiger partial charge is 0.744 e. The maximum absolute atomic E-state index is 12.6. The first-order chi connectivity index (χ1) is 19.0. The van der Waals surface area contributed by atoms with Gasteiger partial charge in [-0.25, -0.2) is 30.4 Å². The Morgan fingerprint density at radius 2 is 1.10 bits per heavy atom. The molecule has 0 aliphatic carbocycles. The van der Waals surface area contributed by atoms with Gasteiger partial charge in [0, 0.05) is 6.61 Å². The van der Waals surface area contributed by atoms with Crippen molar-refractivity contribution in [3.63, 3.8) is 0 Å². The molecular formula is C28H23F5O5S2. The second-order valence-corrected chi connectivity index (χ2v) is 11.2. The van der Waals surface area contributed by atoms with E-state index in [1.165, 1.54) is 14.7 Å². The highest BCUT2D eigenvalue weighted by atomic mass is 32.2. The van der Waals surface area contributed by atoms with Gasteiger partial charge in [0.15, 0.2) is 44.2 Å². The third-order valence-electron chi connectivity index (χ3n) is 5.14. The third kappa shape index (κ3) is 7.60. The standard InChI is InChI=1S/C22H23O2S.C6HF5O3S/c1-3-23-18(2)24-19-14-16-22(17-15-19)25(20-10-6-4-7-11-20)21-12-8-5-9-13-21;7-1-2(8)4(10)6(15(12,13)14)5(11)3(1)9/h4-18H,3H2,1-2H3;(H,12,13,14)/q+1;/p-1. The number of hydrogen-bond acceptors (Lipinski definition) is 5. The fraction of sp³-hybridized carbons (Fsp3) is 0.143. The maximum Gasteiger partial charge on any atom is 0.200 e. The molecule has 0 radical (unpaired) electrons. The smallest absolute Gasteiger partial charge is 0.200 e. The molecule has 1 unspecified atom stereocenters. The fourth-order valence-corrected chi connectivity index (χ4v) is 6.14. The Labute approximate surface area is 231 Å². The molecule has 0 heterocycles. The number of hydrogen-bond donors (Lipinski definition) is 0. The molecule has 0 fully saturated rings. The first-order valence-electron chi connectivity index (χ1n) is 11.7. The number of benzene rings is 4. The van der Waals surface area contributed by atoms with Crippen LogP contribution in [0.15, 0.2) is 105 Å². The van der Waals surface area contributed by atoms with Crippen LogP contribution in [0, 0.1) is 29.1 Å². The second kappa shape index (κ2) is 13.8. The molecule has 212 valence electrons. The van der Waals surface area contributed by atoms with Crippen LogP contribution in [-0.2, 0) is 25.7 Å². The van der Waals surface area contributed by atoms with Crippen LogP contribution in [0.1, 0.15) is 13.8 Å². The van der Waals surface area contributed by atoms with E-state index in [-0.39, 0.29) is 17.2 Å². The van der Waals surface area contributed by atoms with Crippen molar-refractivity contribution in [2.75, 3.05) is 6.61 Å². The van der Waals surface area contributed by atoms with Crippen molar-refractivity contribution >= 4 is 21.0 Å². The molecule has 0 aliphatic heterocycles. The summed E-state index contributed by atoms with van der Waals surface area (Å²) < 4.78 is 104. The third-order valence-corrected chi connectivity index (χ3v) is 8.23. The summed E-state index contributed by atoms with van der Waals surface area (Å²) in [6.07, 6.45) is -0.239. The minimum Gasteiger partial charge on any atom is -0.744 e. The molecule has 0 amide bonds. The molecular weight excluding hydrogens is 575 g/mol. The van der Waals surface area contributed by atoms with Crippen LogP contribution in [0.2, 0.25) is 0 Å². The average molecular weight is 599 g/mol. The van der Waals surface area contributed by atoms with E-state index < -0.39 is 44.1 Å². The number of rotatable bonds is 8. The van der Waals surface area contributed by atoms with Crippen LogP contribution in [0.3, 0.4) is 0 Å². The van der Waals surface area contributed by atoms with Gasteiger partial charge in [-0.1, -0.05) is 36.4 Å². The molecule has 4 aromatic rings. The molecule has 40 heavy (non-hydrogen) atoms. The Kier molecular flexibility index (Phi) is 10.7. The first-order valence-corrected chi connectivity index (χ1v) is 14.3. The quantitative estimate of drug-likeness (QED) is 0.0555. The van der Waals surface area contributed by atoms with Gasteiger partial charge in [-0.15, -0.1) is 0 Å². The Hall–Kier alpha value is -3.45. The monoisotopic (exact) mass is 598 g/mol. The van der Waals surface area contributed by atoms with Crippen molar-refractivity contribution in [1.82, 2.24) is 0 Å². The maximum atomic E-state index is 12.6. The van der Waals surface area contributed by atoms with Crippen LogP contribution >= 0.6 is 0 Å². The van der Waals surface area contributed by atoms with Gasteiger partial charge in [-0.2, -0.15) is 0 Å². The summed E-state index contributed by atoms with van der Waals surface area (Å²) in [6, 6.07) is 29.6. The van der Waals surface area contributed by atoms with E-state index in [0.29, 0.717) is 6.61 Å². The molecule has 12 heteroatoms. The van der Waals surface area contributed by atoms with Gasteiger partial charge in [0.05, 0.1) is 10.9 Å². The molecule has 0 aromatic heterocycles. The number of ether oxygens (including phenoxy) is 2. The molecule has 0 bridgehead atoms. The van der Waals surface area contributed by atoms with Gasteiger partial charge < -0.3 is 14.0 Å². The molecule has 0 saturated heterocycles. The van der Waals surface area contributed by atoms with Crippen LogP contribution < -0.4 is 4.74 Å². The predicted molar refractivity (Wildman–Crippen MR) is 137 cm³/mol. The molecule has 5 nitrogen and oxygen atoms in total. The highest BCUT2D eigenvalue weighted by molar-refractivity contribution is 7.97. The van der Waals surface area contributed by atoms with E-state index in [2.05, 4.69) is 72.8 Å². The lowest BCUT2D eigenvalue weighted by Gasteiger charge is -2.14. The highest BCUT2D eigenvalue weighted by Gasteiger charge is 2.29. The second-order valence-electron chi connectivity index (χ2n) is 7.90. The van der Waals surface area contributed by atoms with E-state index in [1.54, 1.807) is 0 Å². The summed E-state index contributed by atoms with van der Waals surface area (Å²) in [5.74, 6) is -12.0. The van der Waals surface area contributed by atoms with Gasteiger partial charge in [-0.05, 0) is 62.4 Å². The van der Waals surface area contributed by atoms with Crippen LogP contribution in [-0.4, -0.2) is 25.9 Å². The minimum absolute atomic E-state index is 0.126. The van der Waals surface area contributed by atoms with E-state index in [0.717, 1.165) is 5.75 Å². The molecule has 0 saturated carbocycles. The molecule has 1 atom stereocenters. The lowest BCUT2D eigenvalue weighted by molar-refractivity contribution is -0.0613. The number of halogens is 5. The summed E-state index contributed by atoms with van der Waals surface area (Å²) >= 11 is 0. The normalized spacial score (nSPS) is 12.0. The van der Waals surface area contributed by atoms with Crippen LogP contribution in [0.5, 0.6) is 5.75 Å².